The number of aliphatic hydroxyl groups excluding tert-OH is 1. The van der Waals surface area contributed by atoms with Gasteiger partial charge in [-0.1, -0.05) is 12.1 Å². The summed E-state index contributed by atoms with van der Waals surface area (Å²) in [6.07, 6.45) is 0. The van der Waals surface area contributed by atoms with Crippen LogP contribution in [-0.2, 0) is 4.79 Å². The van der Waals surface area contributed by atoms with Crippen molar-refractivity contribution < 1.29 is 14.3 Å². The highest BCUT2D eigenvalue weighted by Gasteiger charge is 2.14. The summed E-state index contributed by atoms with van der Waals surface area (Å²) in [5.74, 6) is -1.30. The van der Waals surface area contributed by atoms with Gasteiger partial charge in [0, 0.05) is 4.88 Å². The second-order valence-electron chi connectivity index (χ2n) is 4.20. The molecule has 1 aromatic heterocycles. The number of aliphatic hydroxyl groups is 1. The lowest BCUT2D eigenvalue weighted by Crippen LogP contribution is -2.13. The van der Waals surface area contributed by atoms with Crippen molar-refractivity contribution >= 4 is 22.2 Å². The van der Waals surface area contributed by atoms with Crippen LogP contribution in [-0.4, -0.2) is 11.0 Å². The van der Waals surface area contributed by atoms with Crippen LogP contribution in [0.5, 0.6) is 0 Å². The van der Waals surface area contributed by atoms with Crippen molar-refractivity contribution in [1.29, 1.82) is 5.26 Å². The molecular formula is C15H11FN2O2S. The van der Waals surface area contributed by atoms with E-state index >= 15 is 0 Å². The fourth-order valence-electron chi connectivity index (χ4n) is 1.64. The second-order valence-corrected chi connectivity index (χ2v) is 5.28. The first-order valence-electron chi connectivity index (χ1n) is 5.98. The molecule has 106 valence electrons. The third-order valence-corrected chi connectivity index (χ3v) is 3.72. The van der Waals surface area contributed by atoms with Gasteiger partial charge in [0.1, 0.15) is 17.6 Å². The first kappa shape index (κ1) is 14.8. The molecule has 0 aliphatic rings. The molecule has 21 heavy (non-hydrogen) atoms. The van der Waals surface area contributed by atoms with Gasteiger partial charge in [-0.15, -0.1) is 11.3 Å². The number of halogens is 1. The van der Waals surface area contributed by atoms with E-state index in [2.05, 4.69) is 5.32 Å². The smallest absolute Gasteiger partial charge is 0.270 e. The van der Waals surface area contributed by atoms with Crippen LogP contribution in [0.15, 0.2) is 47.7 Å². The van der Waals surface area contributed by atoms with Crippen molar-refractivity contribution in [3.63, 3.8) is 0 Å². The summed E-state index contributed by atoms with van der Waals surface area (Å²) in [6.45, 7) is 1.27. The Morgan fingerprint density at radius 1 is 1.29 bits per heavy atom. The maximum Gasteiger partial charge on any atom is 0.270 e. The number of carbonyl (C=O) groups is 1. The van der Waals surface area contributed by atoms with Crippen molar-refractivity contribution in [2.24, 2.45) is 0 Å². The number of nitrogens with one attached hydrogen (secondary N) is 1. The molecule has 2 rings (SSSR count). The van der Waals surface area contributed by atoms with Crippen molar-refractivity contribution in [3.8, 4) is 16.5 Å². The molecule has 1 heterocycles. The van der Waals surface area contributed by atoms with Crippen LogP contribution in [0, 0.1) is 17.1 Å². The van der Waals surface area contributed by atoms with Crippen LogP contribution < -0.4 is 5.32 Å². The third-order valence-electron chi connectivity index (χ3n) is 2.67. The number of carbonyl (C=O) groups excluding carboxylic acids is 1. The molecule has 6 heteroatoms. The Kier molecular flexibility index (Phi) is 4.36. The number of thiophene rings is 1. The molecule has 0 unspecified atom stereocenters. The highest BCUT2D eigenvalue weighted by Crippen LogP contribution is 2.31. The van der Waals surface area contributed by atoms with E-state index in [4.69, 9.17) is 5.26 Å². The van der Waals surface area contributed by atoms with Gasteiger partial charge in [0.25, 0.3) is 5.91 Å². The number of hydrogen-bond acceptors (Lipinski definition) is 4. The second kappa shape index (κ2) is 6.20. The lowest BCUT2D eigenvalue weighted by Gasteiger charge is -2.01. The SMILES string of the molecule is C/C(O)=C(\C#N)C(=O)Nc1ccc(-c2ccc(F)cc2)s1. The largest absolute Gasteiger partial charge is 0.511 e. The molecule has 0 spiro atoms. The molecule has 0 aliphatic carbocycles. The Labute approximate surface area is 124 Å². The first-order valence-corrected chi connectivity index (χ1v) is 6.80. The highest BCUT2D eigenvalue weighted by molar-refractivity contribution is 7.19. The van der Waals surface area contributed by atoms with Crippen LogP contribution in [0.3, 0.4) is 0 Å². The number of allylic oxidation sites excluding steroid dienone is 1. The molecule has 0 radical (unpaired) electrons. The minimum atomic E-state index is -0.662. The van der Waals surface area contributed by atoms with Crippen LogP contribution in [0.25, 0.3) is 10.4 Å². The quantitative estimate of drug-likeness (QED) is 0.514. The zero-order chi connectivity index (χ0) is 15.4. The zero-order valence-electron chi connectivity index (χ0n) is 11.1. The highest BCUT2D eigenvalue weighted by atomic mass is 32.1. The van der Waals surface area contributed by atoms with Gasteiger partial charge in [-0.2, -0.15) is 5.26 Å². The van der Waals surface area contributed by atoms with E-state index in [-0.39, 0.29) is 17.1 Å². The minimum Gasteiger partial charge on any atom is -0.511 e. The van der Waals surface area contributed by atoms with Crippen LogP contribution in [0.4, 0.5) is 9.39 Å². The van der Waals surface area contributed by atoms with Crippen LogP contribution in [0.2, 0.25) is 0 Å². The Hall–Kier alpha value is -2.65. The maximum atomic E-state index is 12.9. The van der Waals surface area contributed by atoms with E-state index < -0.39 is 5.91 Å². The summed E-state index contributed by atoms with van der Waals surface area (Å²) in [7, 11) is 0. The van der Waals surface area contributed by atoms with Gasteiger partial charge >= 0.3 is 0 Å². The average molecular weight is 302 g/mol. The van der Waals surface area contributed by atoms with Crippen molar-refractivity contribution in [1.82, 2.24) is 0 Å². The fourth-order valence-corrected chi connectivity index (χ4v) is 2.55. The molecule has 1 amide bonds. The molecule has 2 aromatic rings. The first-order chi connectivity index (χ1) is 10.0. The molecule has 1 aromatic carbocycles. The van der Waals surface area contributed by atoms with Crippen molar-refractivity contribution in [2.45, 2.75) is 6.92 Å². The molecule has 0 saturated heterocycles. The molecular weight excluding hydrogens is 291 g/mol. The van der Waals surface area contributed by atoms with Gasteiger partial charge in [-0.25, -0.2) is 4.39 Å². The summed E-state index contributed by atoms with van der Waals surface area (Å²) in [5, 5.41) is 21.1. The molecule has 4 nitrogen and oxygen atoms in total. The number of nitriles is 1. The molecule has 0 atom stereocenters. The topological polar surface area (TPSA) is 73.1 Å². The Bertz CT molecular complexity index is 738. The molecule has 0 saturated carbocycles. The van der Waals surface area contributed by atoms with Crippen molar-refractivity contribution in [3.05, 3.63) is 53.5 Å². The van der Waals surface area contributed by atoms with Crippen LogP contribution in [0.1, 0.15) is 6.92 Å². The van der Waals surface area contributed by atoms with Gasteiger partial charge in [0.15, 0.2) is 5.57 Å². The van der Waals surface area contributed by atoms with E-state index in [1.54, 1.807) is 30.3 Å². The van der Waals surface area contributed by atoms with E-state index in [0.717, 1.165) is 10.4 Å². The van der Waals surface area contributed by atoms with Crippen LogP contribution >= 0.6 is 11.3 Å². The Balaban J connectivity index is 2.18. The van der Waals surface area contributed by atoms with E-state index in [1.807, 2.05) is 0 Å². The fraction of sp³-hybridized carbons (Fsp3) is 0.0667. The van der Waals surface area contributed by atoms with Crippen molar-refractivity contribution in [2.75, 3.05) is 5.32 Å². The predicted molar refractivity (Wildman–Crippen MR) is 79.3 cm³/mol. The summed E-state index contributed by atoms with van der Waals surface area (Å²) in [6, 6.07) is 11.1. The monoisotopic (exact) mass is 302 g/mol. The normalized spacial score (nSPS) is 11.5. The maximum absolute atomic E-state index is 12.9. The molecule has 2 N–H and O–H groups in total. The van der Waals surface area contributed by atoms with Gasteiger partial charge < -0.3 is 10.4 Å². The Morgan fingerprint density at radius 2 is 1.95 bits per heavy atom. The van der Waals surface area contributed by atoms with Gasteiger partial charge in [0.2, 0.25) is 0 Å². The van der Waals surface area contributed by atoms with Gasteiger partial charge in [-0.05, 0) is 36.8 Å². The standard InChI is InChI=1S/C15H11FN2O2S/c1-9(19)12(8-17)15(20)18-14-7-6-13(21-14)10-2-4-11(16)5-3-10/h2-7,19H,1H3,(H,18,20)/b12-9-. The molecule has 0 bridgehead atoms. The summed E-state index contributed by atoms with van der Waals surface area (Å²) >= 11 is 1.29. The zero-order valence-corrected chi connectivity index (χ0v) is 11.9. The number of nitrogens with zero attached hydrogens (tertiary/aromatic N) is 1. The molecule has 0 aliphatic heterocycles. The summed E-state index contributed by atoms with van der Waals surface area (Å²) in [4.78, 5) is 12.6. The minimum absolute atomic E-state index is 0.314. The molecule has 0 fully saturated rings. The average Bonchev–Trinajstić information content (AvgIpc) is 2.88. The summed E-state index contributed by atoms with van der Waals surface area (Å²) < 4.78 is 12.9. The number of rotatable bonds is 3. The lowest BCUT2D eigenvalue weighted by molar-refractivity contribution is -0.112. The van der Waals surface area contributed by atoms with Gasteiger partial charge in [-0.3, -0.25) is 4.79 Å². The van der Waals surface area contributed by atoms with Gasteiger partial charge in [0.05, 0.1) is 5.00 Å². The number of anilines is 1. The Morgan fingerprint density at radius 3 is 2.52 bits per heavy atom. The van der Waals surface area contributed by atoms with E-state index in [9.17, 15) is 14.3 Å². The van der Waals surface area contributed by atoms with E-state index in [0.29, 0.717) is 5.00 Å². The summed E-state index contributed by atoms with van der Waals surface area (Å²) in [5.41, 5.74) is 0.503. The predicted octanol–water partition coefficient (Wildman–Crippen LogP) is 3.85. The lowest BCUT2D eigenvalue weighted by atomic mass is 10.2. The number of amides is 1. The van der Waals surface area contributed by atoms with E-state index in [1.165, 1.54) is 30.4 Å². The third kappa shape index (κ3) is 3.46. The number of hydrogen-bond donors (Lipinski definition) is 2. The number of benzene rings is 1.